The molecule has 1 saturated carbocycles. The van der Waals surface area contributed by atoms with Crippen LogP contribution in [-0.2, 0) is 53.1 Å². The van der Waals surface area contributed by atoms with E-state index in [1.807, 2.05) is 54.6 Å². The van der Waals surface area contributed by atoms with Crippen LogP contribution in [0.4, 0.5) is 0 Å². The zero-order valence-electron chi connectivity index (χ0n) is 24.4. The first-order chi connectivity index (χ1) is 19.2. The number of rotatable bonds is 8. The Labute approximate surface area is 262 Å². The summed E-state index contributed by atoms with van der Waals surface area (Å²) in [6.07, 6.45) is 7.12. The topological polar surface area (TPSA) is 197 Å². The molecule has 1 aliphatic carbocycles. The van der Waals surface area contributed by atoms with Gasteiger partial charge in [-0.1, -0.05) is 94.1 Å². The van der Waals surface area contributed by atoms with Crippen molar-refractivity contribution in [2.75, 3.05) is 0 Å². The molecule has 6 N–H and O–H groups in total. The van der Waals surface area contributed by atoms with Gasteiger partial charge in [0.25, 0.3) is 0 Å². The molecule has 2 unspecified atom stereocenters. The van der Waals surface area contributed by atoms with E-state index >= 15 is 0 Å². The van der Waals surface area contributed by atoms with Crippen molar-refractivity contribution in [2.24, 2.45) is 5.92 Å². The molecule has 10 nitrogen and oxygen atoms in total. The first-order valence-corrected chi connectivity index (χ1v) is 13.7. The number of carbonyl (C=O) groups is 4. The summed E-state index contributed by atoms with van der Waals surface area (Å²) in [7, 11) is 0. The van der Waals surface area contributed by atoms with Crippen molar-refractivity contribution in [3.05, 3.63) is 82.8 Å². The smallest absolute Gasteiger partial charge is 0.676 e. The second-order valence-corrected chi connectivity index (χ2v) is 10.2. The average Bonchev–Trinajstić information content (AvgIpc) is 2.91. The van der Waals surface area contributed by atoms with Gasteiger partial charge in [0.15, 0.2) is 0 Å². The Balaban J connectivity index is 0. The van der Waals surface area contributed by atoms with Crippen LogP contribution in [0.1, 0.15) is 81.9 Å². The fourth-order valence-corrected chi connectivity index (χ4v) is 3.78. The van der Waals surface area contributed by atoms with Gasteiger partial charge in [-0.2, -0.15) is 12.1 Å². The number of hydrogen-bond donors (Lipinski definition) is 4. The summed E-state index contributed by atoms with van der Waals surface area (Å²) in [6, 6.07) is 17.6. The van der Waals surface area contributed by atoms with Gasteiger partial charge in [0.05, 0.1) is 5.92 Å². The number of carboxylic acids is 4. The van der Waals surface area contributed by atoms with E-state index in [0.717, 1.165) is 37.7 Å². The van der Waals surface area contributed by atoms with Crippen LogP contribution in [0.5, 0.6) is 0 Å². The SMILES string of the molecule is CC(C)Cc1ccc(C(C)C(=O)O)cc1.O=C(O)C(=O)O.O=C(O)CCCc1ccccc1.[NH-]C1CCCC[C@H]1[NH-].[Pt+2]. The summed E-state index contributed by atoms with van der Waals surface area (Å²) in [5, 5.41) is 32.0. The van der Waals surface area contributed by atoms with E-state index in [0.29, 0.717) is 5.92 Å². The minimum absolute atomic E-state index is 0. The van der Waals surface area contributed by atoms with Gasteiger partial charge in [-0.05, 0) is 48.8 Å². The Morgan fingerprint density at radius 1 is 0.762 bits per heavy atom. The minimum Gasteiger partial charge on any atom is -0.676 e. The monoisotopic (exact) mass is 767 g/mol. The molecule has 0 aliphatic heterocycles. The summed E-state index contributed by atoms with van der Waals surface area (Å²) < 4.78 is 0. The third-order valence-corrected chi connectivity index (χ3v) is 6.14. The largest absolute Gasteiger partial charge is 2.00 e. The average molecular weight is 768 g/mol. The fourth-order valence-electron chi connectivity index (χ4n) is 3.78. The van der Waals surface area contributed by atoms with E-state index in [9.17, 15) is 9.59 Å². The second-order valence-electron chi connectivity index (χ2n) is 10.2. The van der Waals surface area contributed by atoms with Gasteiger partial charge < -0.3 is 31.9 Å². The molecular formula is C31H44N2O8Pt. The summed E-state index contributed by atoms with van der Waals surface area (Å²) in [5.41, 5.74) is 17.9. The minimum atomic E-state index is -1.82. The summed E-state index contributed by atoms with van der Waals surface area (Å²) in [6.45, 7) is 6.06. The molecule has 0 saturated heterocycles. The summed E-state index contributed by atoms with van der Waals surface area (Å²) in [5.74, 6) is -4.92. The molecule has 2 aromatic carbocycles. The van der Waals surface area contributed by atoms with Gasteiger partial charge in [-0.3, -0.25) is 9.59 Å². The zero-order valence-corrected chi connectivity index (χ0v) is 26.7. The maximum absolute atomic E-state index is 10.8. The maximum Gasteiger partial charge on any atom is 2.00 e. The van der Waals surface area contributed by atoms with Crippen molar-refractivity contribution in [3.63, 3.8) is 0 Å². The zero-order chi connectivity index (χ0) is 31.4. The molecule has 3 atom stereocenters. The van der Waals surface area contributed by atoms with Gasteiger partial charge in [0, 0.05) is 6.42 Å². The number of aryl methyl sites for hydroxylation is 1. The van der Waals surface area contributed by atoms with Crippen molar-refractivity contribution in [1.82, 2.24) is 0 Å². The number of benzene rings is 2. The fraction of sp³-hybridized carbons (Fsp3) is 0.484. The van der Waals surface area contributed by atoms with Crippen LogP contribution >= 0.6 is 0 Å². The number of hydrogen-bond acceptors (Lipinski definition) is 4. The Kier molecular flexibility index (Phi) is 23.0. The number of carboxylic acid groups (broad SMARTS) is 4. The molecule has 0 bridgehead atoms. The molecule has 1 fully saturated rings. The first kappa shape index (κ1) is 41.1. The normalized spacial score (nSPS) is 16.0. The molecule has 0 heterocycles. The van der Waals surface area contributed by atoms with Crippen molar-refractivity contribution >= 4 is 23.9 Å². The van der Waals surface area contributed by atoms with Crippen LogP contribution in [0.3, 0.4) is 0 Å². The van der Waals surface area contributed by atoms with Crippen molar-refractivity contribution in [3.8, 4) is 0 Å². The molecule has 0 amide bonds. The van der Waals surface area contributed by atoms with Gasteiger partial charge in [0.2, 0.25) is 0 Å². The molecule has 11 heteroatoms. The Hall–Kier alpha value is -3.07. The quantitative estimate of drug-likeness (QED) is 0.212. The van der Waals surface area contributed by atoms with E-state index in [4.69, 9.17) is 41.5 Å². The standard InChI is InChI=1S/C13H18O2.C10H12O2.C6H12N2.C2H2O4.Pt/c1-9(2)8-11-4-6-12(7-5-11)10(3)13(14)15;11-10(12)8-4-7-9-5-2-1-3-6-9;7-5-3-1-2-4-6(5)8;3-1(4)2(5)6;/h4-7,9-10H,8H2,1-3H3,(H,14,15);1-3,5-6H,4,7-8H2,(H,11,12);5-8H,1-4H2;(H,3,4)(H,5,6);/q;;-2;;+2/t;;5-,6?;;/m..1../s1. The molecule has 2 aromatic rings. The molecule has 42 heavy (non-hydrogen) atoms. The summed E-state index contributed by atoms with van der Waals surface area (Å²) in [4.78, 5) is 39.2. The second kappa shape index (κ2) is 23.5. The van der Waals surface area contributed by atoms with Gasteiger partial charge in [-0.25, -0.2) is 9.59 Å². The first-order valence-electron chi connectivity index (χ1n) is 13.7. The van der Waals surface area contributed by atoms with Crippen LogP contribution in [-0.4, -0.2) is 56.4 Å². The van der Waals surface area contributed by atoms with Crippen molar-refractivity contribution < 1.29 is 60.7 Å². The molecule has 0 spiro atoms. The van der Waals surface area contributed by atoms with Crippen LogP contribution in [0.2, 0.25) is 0 Å². The molecule has 1 aliphatic rings. The van der Waals surface area contributed by atoms with Crippen LogP contribution in [0, 0.1) is 5.92 Å². The van der Waals surface area contributed by atoms with E-state index in [1.165, 1.54) is 24.0 Å². The predicted octanol–water partition coefficient (Wildman–Crippen LogP) is 6.72. The van der Waals surface area contributed by atoms with Crippen molar-refractivity contribution in [2.45, 2.75) is 90.1 Å². The number of aliphatic carboxylic acids is 4. The van der Waals surface area contributed by atoms with Crippen LogP contribution in [0.25, 0.3) is 11.5 Å². The van der Waals surface area contributed by atoms with Gasteiger partial charge in [-0.15, -0.1) is 0 Å². The molecule has 0 aromatic heterocycles. The maximum atomic E-state index is 10.8. The third kappa shape index (κ3) is 20.8. The Morgan fingerprint density at radius 2 is 1.24 bits per heavy atom. The number of nitrogens with one attached hydrogen (secondary N) is 2. The van der Waals surface area contributed by atoms with E-state index < -0.39 is 29.8 Å². The summed E-state index contributed by atoms with van der Waals surface area (Å²) >= 11 is 0. The molecule has 0 radical (unpaired) electrons. The third-order valence-electron chi connectivity index (χ3n) is 6.14. The van der Waals surface area contributed by atoms with Gasteiger partial charge >= 0.3 is 44.9 Å². The van der Waals surface area contributed by atoms with Crippen LogP contribution < -0.4 is 0 Å². The predicted molar refractivity (Wildman–Crippen MR) is 158 cm³/mol. The Morgan fingerprint density at radius 3 is 1.60 bits per heavy atom. The molecule has 236 valence electrons. The van der Waals surface area contributed by atoms with Crippen molar-refractivity contribution in [1.29, 1.82) is 0 Å². The van der Waals surface area contributed by atoms with E-state index in [2.05, 4.69) is 13.8 Å². The van der Waals surface area contributed by atoms with E-state index in [1.54, 1.807) is 6.92 Å². The Bertz CT molecular complexity index is 1030. The van der Waals surface area contributed by atoms with Gasteiger partial charge in [0.1, 0.15) is 0 Å². The molecule has 3 rings (SSSR count). The van der Waals surface area contributed by atoms with E-state index in [-0.39, 0.29) is 39.6 Å². The molecular weight excluding hydrogens is 723 g/mol. The van der Waals surface area contributed by atoms with Crippen LogP contribution in [0.15, 0.2) is 54.6 Å².